The van der Waals surface area contributed by atoms with Crippen LogP contribution in [0.3, 0.4) is 0 Å². The summed E-state index contributed by atoms with van der Waals surface area (Å²) in [4.78, 5) is 11.3. The van der Waals surface area contributed by atoms with Crippen LogP contribution in [-0.2, 0) is 9.53 Å². The number of allylic oxidation sites excluding steroid dienone is 1. The van der Waals surface area contributed by atoms with Crippen molar-refractivity contribution in [3.8, 4) is 0 Å². The summed E-state index contributed by atoms with van der Waals surface area (Å²) < 4.78 is 4.80. The molecule has 74 valence electrons. The summed E-state index contributed by atoms with van der Waals surface area (Å²) >= 11 is 0. The molecule has 1 aliphatic carbocycles. The molecule has 0 fully saturated rings. The first-order chi connectivity index (χ1) is 6.09. The molecule has 13 heavy (non-hydrogen) atoms. The predicted octanol–water partition coefficient (Wildman–Crippen LogP) is 1.27. The Kier molecular flexibility index (Phi) is 3.09. The molecule has 0 saturated heterocycles. The van der Waals surface area contributed by atoms with Gasteiger partial charge in [0.25, 0.3) is 0 Å². The van der Waals surface area contributed by atoms with E-state index >= 15 is 0 Å². The van der Waals surface area contributed by atoms with E-state index in [1.807, 2.05) is 12.2 Å². The molecule has 0 spiro atoms. The normalized spacial score (nSPS) is 25.6. The Balaban J connectivity index is 2.63. The van der Waals surface area contributed by atoms with Gasteiger partial charge in [-0.05, 0) is 26.7 Å². The van der Waals surface area contributed by atoms with Gasteiger partial charge in [0.2, 0.25) is 0 Å². The Bertz CT molecular complexity index is 218. The Labute approximate surface area is 78.4 Å². The maximum absolute atomic E-state index is 11.3. The third-order valence-corrected chi connectivity index (χ3v) is 2.42. The molecule has 0 radical (unpaired) electrons. The molecule has 0 aromatic heterocycles. The lowest BCUT2D eigenvalue weighted by molar-refractivity contribution is -0.167. The monoisotopic (exact) mass is 184 g/mol. The molecule has 3 heteroatoms. The van der Waals surface area contributed by atoms with Gasteiger partial charge in [-0.3, -0.25) is 0 Å². The molecule has 0 amide bonds. The number of rotatable bonds is 3. The number of hydrogen-bond acceptors (Lipinski definition) is 3. The summed E-state index contributed by atoms with van der Waals surface area (Å²) in [6.07, 6.45) is 5.63. The first-order valence-corrected chi connectivity index (χ1v) is 4.65. The predicted molar refractivity (Wildman–Crippen MR) is 49.1 cm³/mol. The molecule has 0 bridgehead atoms. The molecule has 2 atom stereocenters. The van der Waals surface area contributed by atoms with Crippen molar-refractivity contribution in [2.24, 2.45) is 5.92 Å². The molecule has 1 aliphatic rings. The Morgan fingerprint density at radius 3 is 2.92 bits per heavy atom. The van der Waals surface area contributed by atoms with Crippen LogP contribution in [0.25, 0.3) is 0 Å². The zero-order chi connectivity index (χ0) is 9.90. The van der Waals surface area contributed by atoms with Crippen LogP contribution in [0.2, 0.25) is 0 Å². The molecule has 0 saturated carbocycles. The summed E-state index contributed by atoms with van der Waals surface area (Å²) in [5, 5.41) is 9.89. The molecule has 3 nitrogen and oxygen atoms in total. The average molecular weight is 184 g/mol. The number of hydrogen-bond donors (Lipinski definition) is 1. The van der Waals surface area contributed by atoms with Gasteiger partial charge in [-0.15, -0.1) is 0 Å². The lowest BCUT2D eigenvalue weighted by atomic mass is 9.89. The van der Waals surface area contributed by atoms with E-state index in [4.69, 9.17) is 4.74 Å². The third kappa shape index (κ3) is 2.10. The molecule has 0 aromatic carbocycles. The van der Waals surface area contributed by atoms with E-state index in [-0.39, 0.29) is 5.92 Å². The Morgan fingerprint density at radius 1 is 1.77 bits per heavy atom. The van der Waals surface area contributed by atoms with Crippen LogP contribution in [0.5, 0.6) is 0 Å². The number of ether oxygens (including phenoxy) is 1. The quantitative estimate of drug-likeness (QED) is 0.530. The standard InChI is InChI=1S/C10H16O3/c1-3-13-9(11)10(2,12)8-6-4-5-7-8/h4,6,8,12H,3,5,7H2,1-2H3/t8-,10+/m0/s1. The van der Waals surface area contributed by atoms with Gasteiger partial charge in [0.1, 0.15) is 0 Å². The van der Waals surface area contributed by atoms with E-state index < -0.39 is 11.6 Å². The van der Waals surface area contributed by atoms with Crippen molar-refractivity contribution in [1.82, 2.24) is 0 Å². The van der Waals surface area contributed by atoms with Gasteiger partial charge in [0.15, 0.2) is 5.60 Å². The van der Waals surface area contributed by atoms with E-state index in [0.717, 1.165) is 12.8 Å². The summed E-state index contributed by atoms with van der Waals surface area (Å²) in [6, 6.07) is 0. The number of carbonyl (C=O) groups is 1. The second-order valence-corrected chi connectivity index (χ2v) is 3.48. The number of esters is 1. The first kappa shape index (κ1) is 10.3. The third-order valence-electron chi connectivity index (χ3n) is 2.42. The van der Waals surface area contributed by atoms with Gasteiger partial charge in [-0.1, -0.05) is 12.2 Å². The van der Waals surface area contributed by atoms with Crippen LogP contribution in [0.1, 0.15) is 26.7 Å². The summed E-state index contributed by atoms with van der Waals surface area (Å²) in [7, 11) is 0. The van der Waals surface area contributed by atoms with Crippen LogP contribution in [0.15, 0.2) is 12.2 Å². The molecule has 0 unspecified atom stereocenters. The average Bonchev–Trinajstić information content (AvgIpc) is 2.56. The van der Waals surface area contributed by atoms with Crippen LogP contribution in [0, 0.1) is 5.92 Å². The van der Waals surface area contributed by atoms with E-state index in [0.29, 0.717) is 6.61 Å². The fourth-order valence-electron chi connectivity index (χ4n) is 1.53. The highest BCUT2D eigenvalue weighted by atomic mass is 16.5. The van der Waals surface area contributed by atoms with E-state index in [1.165, 1.54) is 6.92 Å². The van der Waals surface area contributed by atoms with Gasteiger partial charge in [0, 0.05) is 5.92 Å². The maximum atomic E-state index is 11.3. The van der Waals surface area contributed by atoms with Crippen molar-refractivity contribution >= 4 is 5.97 Å². The lowest BCUT2D eigenvalue weighted by Crippen LogP contribution is -2.42. The molecule has 0 aromatic rings. The second kappa shape index (κ2) is 3.92. The molecule has 1 N–H and O–H groups in total. The highest BCUT2D eigenvalue weighted by molar-refractivity contribution is 5.79. The van der Waals surface area contributed by atoms with Gasteiger partial charge in [0.05, 0.1) is 6.61 Å². The van der Waals surface area contributed by atoms with Crippen LogP contribution in [0.4, 0.5) is 0 Å². The van der Waals surface area contributed by atoms with Crippen molar-refractivity contribution < 1.29 is 14.6 Å². The summed E-state index contributed by atoms with van der Waals surface area (Å²) in [5.41, 5.74) is -1.36. The van der Waals surface area contributed by atoms with Gasteiger partial charge >= 0.3 is 5.97 Å². The molecular formula is C10H16O3. The van der Waals surface area contributed by atoms with Crippen LogP contribution < -0.4 is 0 Å². The largest absolute Gasteiger partial charge is 0.464 e. The van der Waals surface area contributed by atoms with Gasteiger partial charge in [-0.25, -0.2) is 4.79 Å². The Morgan fingerprint density at radius 2 is 2.46 bits per heavy atom. The smallest absolute Gasteiger partial charge is 0.338 e. The lowest BCUT2D eigenvalue weighted by Gasteiger charge is -2.26. The fraction of sp³-hybridized carbons (Fsp3) is 0.700. The zero-order valence-corrected chi connectivity index (χ0v) is 8.12. The van der Waals surface area contributed by atoms with E-state index in [2.05, 4.69) is 0 Å². The van der Waals surface area contributed by atoms with Crippen molar-refractivity contribution in [2.45, 2.75) is 32.3 Å². The van der Waals surface area contributed by atoms with Crippen LogP contribution in [-0.4, -0.2) is 23.3 Å². The Hall–Kier alpha value is -0.830. The van der Waals surface area contributed by atoms with Crippen molar-refractivity contribution in [2.75, 3.05) is 6.61 Å². The number of aliphatic hydroxyl groups is 1. The van der Waals surface area contributed by atoms with Crippen molar-refractivity contribution in [3.05, 3.63) is 12.2 Å². The van der Waals surface area contributed by atoms with Crippen molar-refractivity contribution in [1.29, 1.82) is 0 Å². The molecule has 1 rings (SSSR count). The fourth-order valence-corrected chi connectivity index (χ4v) is 1.53. The zero-order valence-electron chi connectivity index (χ0n) is 8.12. The summed E-state index contributed by atoms with van der Waals surface area (Å²) in [6.45, 7) is 3.56. The molecular weight excluding hydrogens is 168 g/mol. The second-order valence-electron chi connectivity index (χ2n) is 3.48. The van der Waals surface area contributed by atoms with E-state index in [1.54, 1.807) is 6.92 Å². The molecule has 0 aliphatic heterocycles. The SMILES string of the molecule is CCOC(=O)[C@](C)(O)[C@H]1C=CCC1. The van der Waals surface area contributed by atoms with Gasteiger partial charge in [-0.2, -0.15) is 0 Å². The van der Waals surface area contributed by atoms with Crippen molar-refractivity contribution in [3.63, 3.8) is 0 Å². The summed E-state index contributed by atoms with van der Waals surface area (Å²) in [5.74, 6) is -0.613. The highest BCUT2D eigenvalue weighted by Gasteiger charge is 2.39. The number of carbonyl (C=O) groups excluding carboxylic acids is 1. The minimum atomic E-state index is -1.36. The maximum Gasteiger partial charge on any atom is 0.338 e. The topological polar surface area (TPSA) is 46.5 Å². The van der Waals surface area contributed by atoms with Gasteiger partial charge < -0.3 is 9.84 Å². The van der Waals surface area contributed by atoms with E-state index in [9.17, 15) is 9.90 Å². The highest BCUT2D eigenvalue weighted by Crippen LogP contribution is 2.29. The first-order valence-electron chi connectivity index (χ1n) is 4.65. The molecule has 0 heterocycles. The minimum absolute atomic E-state index is 0.0912. The minimum Gasteiger partial charge on any atom is -0.464 e. The van der Waals surface area contributed by atoms with Crippen LogP contribution >= 0.6 is 0 Å².